The van der Waals surface area contributed by atoms with Gasteiger partial charge in [-0.05, 0) is 47.6 Å². The molecule has 18 heavy (non-hydrogen) atoms. The van der Waals surface area contributed by atoms with Gasteiger partial charge in [0.15, 0.2) is 0 Å². The molecular formula is C17H17N. The van der Waals surface area contributed by atoms with Gasteiger partial charge in [-0.15, -0.1) is 0 Å². The summed E-state index contributed by atoms with van der Waals surface area (Å²) in [6, 6.07) is 13.2. The van der Waals surface area contributed by atoms with E-state index in [9.17, 15) is 0 Å². The molecule has 1 nitrogen and oxygen atoms in total. The molecule has 0 bridgehead atoms. The van der Waals surface area contributed by atoms with Crippen LogP contribution in [0.1, 0.15) is 24.6 Å². The van der Waals surface area contributed by atoms with Crippen LogP contribution in [0.5, 0.6) is 0 Å². The first-order valence-corrected chi connectivity index (χ1v) is 6.84. The summed E-state index contributed by atoms with van der Waals surface area (Å²) in [6.07, 6.45) is 3.75. The van der Waals surface area contributed by atoms with Crippen LogP contribution in [0.2, 0.25) is 0 Å². The van der Waals surface area contributed by atoms with Crippen LogP contribution in [-0.4, -0.2) is 4.98 Å². The number of hydrogen-bond acceptors (Lipinski definition) is 0. The fourth-order valence-electron chi connectivity index (χ4n) is 3.37. The standard InChI is InChI=1S/C17H17N/c1-11-6-8-15-14(10-11)17-13-5-3-2-4-12(13)7-9-16(17)18-15/h2-5,7,9,11,18H,6,8,10H2,1H3/t11-/m0/s1. The zero-order chi connectivity index (χ0) is 12.1. The van der Waals surface area contributed by atoms with Gasteiger partial charge in [-0.25, -0.2) is 0 Å². The molecule has 1 heteroatoms. The van der Waals surface area contributed by atoms with Crippen molar-refractivity contribution in [3.05, 3.63) is 47.7 Å². The minimum atomic E-state index is 0.815. The molecule has 0 amide bonds. The summed E-state index contributed by atoms with van der Waals surface area (Å²) in [5.41, 5.74) is 4.35. The van der Waals surface area contributed by atoms with E-state index in [-0.39, 0.29) is 0 Å². The predicted octanol–water partition coefficient (Wildman–Crippen LogP) is 4.45. The van der Waals surface area contributed by atoms with Gasteiger partial charge in [0.2, 0.25) is 0 Å². The molecule has 0 saturated heterocycles. The van der Waals surface area contributed by atoms with E-state index in [1.54, 1.807) is 5.56 Å². The Hall–Kier alpha value is -1.76. The molecule has 0 radical (unpaired) electrons. The van der Waals surface area contributed by atoms with E-state index in [1.807, 2.05) is 0 Å². The highest BCUT2D eigenvalue weighted by Gasteiger charge is 2.20. The minimum Gasteiger partial charge on any atom is -0.358 e. The van der Waals surface area contributed by atoms with Gasteiger partial charge in [0.05, 0.1) is 0 Å². The van der Waals surface area contributed by atoms with Gasteiger partial charge in [0.25, 0.3) is 0 Å². The van der Waals surface area contributed by atoms with E-state index in [1.165, 1.54) is 46.6 Å². The maximum atomic E-state index is 3.63. The Morgan fingerprint density at radius 2 is 2.00 bits per heavy atom. The second kappa shape index (κ2) is 3.61. The Labute approximate surface area is 107 Å². The molecule has 90 valence electrons. The monoisotopic (exact) mass is 235 g/mol. The van der Waals surface area contributed by atoms with E-state index in [0.29, 0.717) is 0 Å². The summed E-state index contributed by atoms with van der Waals surface area (Å²) in [5, 5.41) is 4.22. The summed E-state index contributed by atoms with van der Waals surface area (Å²) in [4.78, 5) is 3.63. The lowest BCUT2D eigenvalue weighted by Gasteiger charge is -2.18. The molecule has 1 aliphatic rings. The predicted molar refractivity (Wildman–Crippen MR) is 77.0 cm³/mol. The maximum Gasteiger partial charge on any atom is 0.0465 e. The molecule has 3 aromatic rings. The molecule has 2 aromatic carbocycles. The largest absolute Gasteiger partial charge is 0.358 e. The average molecular weight is 235 g/mol. The number of aromatic nitrogens is 1. The topological polar surface area (TPSA) is 15.8 Å². The quantitative estimate of drug-likeness (QED) is 0.592. The van der Waals surface area contributed by atoms with Gasteiger partial charge in [0.1, 0.15) is 0 Å². The summed E-state index contributed by atoms with van der Waals surface area (Å²) in [7, 11) is 0. The molecule has 1 aliphatic carbocycles. The first-order chi connectivity index (χ1) is 8.83. The summed E-state index contributed by atoms with van der Waals surface area (Å²) in [6.45, 7) is 2.37. The van der Waals surface area contributed by atoms with Crippen molar-refractivity contribution in [3.63, 3.8) is 0 Å². The number of aryl methyl sites for hydroxylation is 1. The molecule has 1 N–H and O–H groups in total. The van der Waals surface area contributed by atoms with Gasteiger partial charge in [0, 0.05) is 16.6 Å². The third-order valence-electron chi connectivity index (χ3n) is 4.32. The van der Waals surface area contributed by atoms with Crippen LogP contribution in [0.15, 0.2) is 36.4 Å². The van der Waals surface area contributed by atoms with Gasteiger partial charge in [-0.1, -0.05) is 37.3 Å². The Kier molecular flexibility index (Phi) is 2.05. The number of H-pyrrole nitrogens is 1. The SMILES string of the molecule is C[C@H]1CCc2[nH]c3ccc4ccccc4c3c2C1. The Morgan fingerprint density at radius 3 is 2.94 bits per heavy atom. The van der Waals surface area contributed by atoms with E-state index in [2.05, 4.69) is 48.3 Å². The molecule has 1 atom stereocenters. The zero-order valence-electron chi connectivity index (χ0n) is 10.7. The van der Waals surface area contributed by atoms with Crippen LogP contribution < -0.4 is 0 Å². The summed E-state index contributed by atoms with van der Waals surface area (Å²) >= 11 is 0. The average Bonchev–Trinajstić information content (AvgIpc) is 2.77. The fraction of sp³-hybridized carbons (Fsp3) is 0.294. The highest BCUT2D eigenvalue weighted by Crippen LogP contribution is 2.35. The van der Waals surface area contributed by atoms with Crippen molar-refractivity contribution in [3.8, 4) is 0 Å². The first kappa shape index (κ1) is 10.2. The van der Waals surface area contributed by atoms with Crippen LogP contribution >= 0.6 is 0 Å². The second-order valence-electron chi connectivity index (χ2n) is 5.64. The van der Waals surface area contributed by atoms with Crippen molar-refractivity contribution >= 4 is 21.7 Å². The van der Waals surface area contributed by atoms with Crippen LogP contribution in [0.25, 0.3) is 21.7 Å². The lowest BCUT2D eigenvalue weighted by atomic mass is 9.87. The number of nitrogens with one attached hydrogen (secondary N) is 1. The minimum absolute atomic E-state index is 0.815. The van der Waals surface area contributed by atoms with E-state index >= 15 is 0 Å². The van der Waals surface area contributed by atoms with Crippen molar-refractivity contribution in [1.29, 1.82) is 0 Å². The molecular weight excluding hydrogens is 218 g/mol. The molecule has 0 spiro atoms. The van der Waals surface area contributed by atoms with Gasteiger partial charge in [-0.3, -0.25) is 0 Å². The van der Waals surface area contributed by atoms with E-state index < -0.39 is 0 Å². The Bertz CT molecular complexity index is 736. The highest BCUT2D eigenvalue weighted by molar-refractivity contribution is 6.08. The molecule has 4 rings (SSSR count). The van der Waals surface area contributed by atoms with Crippen molar-refractivity contribution in [2.45, 2.75) is 26.2 Å². The number of aromatic amines is 1. The summed E-state index contributed by atoms with van der Waals surface area (Å²) in [5.74, 6) is 0.815. The third kappa shape index (κ3) is 1.34. The normalized spacial score (nSPS) is 19.3. The number of rotatable bonds is 0. The zero-order valence-corrected chi connectivity index (χ0v) is 10.7. The molecule has 1 heterocycles. The molecule has 0 fully saturated rings. The smallest absolute Gasteiger partial charge is 0.0465 e. The van der Waals surface area contributed by atoms with E-state index in [0.717, 1.165) is 5.92 Å². The molecule has 0 saturated carbocycles. The third-order valence-corrected chi connectivity index (χ3v) is 4.32. The van der Waals surface area contributed by atoms with Crippen molar-refractivity contribution in [1.82, 2.24) is 4.98 Å². The fourth-order valence-corrected chi connectivity index (χ4v) is 3.37. The van der Waals surface area contributed by atoms with Gasteiger partial charge < -0.3 is 4.98 Å². The second-order valence-corrected chi connectivity index (χ2v) is 5.64. The summed E-state index contributed by atoms with van der Waals surface area (Å²) < 4.78 is 0. The van der Waals surface area contributed by atoms with Gasteiger partial charge in [-0.2, -0.15) is 0 Å². The van der Waals surface area contributed by atoms with Crippen LogP contribution in [0.4, 0.5) is 0 Å². The number of fused-ring (bicyclic) bond motifs is 5. The molecule has 1 aromatic heterocycles. The molecule has 0 aliphatic heterocycles. The van der Waals surface area contributed by atoms with Crippen molar-refractivity contribution in [2.24, 2.45) is 5.92 Å². The van der Waals surface area contributed by atoms with Crippen LogP contribution in [-0.2, 0) is 12.8 Å². The highest BCUT2D eigenvalue weighted by atomic mass is 14.7. The Morgan fingerprint density at radius 1 is 1.11 bits per heavy atom. The lowest BCUT2D eigenvalue weighted by molar-refractivity contribution is 0.500. The van der Waals surface area contributed by atoms with E-state index in [4.69, 9.17) is 0 Å². The first-order valence-electron chi connectivity index (χ1n) is 6.84. The van der Waals surface area contributed by atoms with Crippen LogP contribution in [0.3, 0.4) is 0 Å². The lowest BCUT2D eigenvalue weighted by Crippen LogP contribution is -2.09. The molecule has 0 unspecified atom stereocenters. The maximum absolute atomic E-state index is 3.63. The van der Waals surface area contributed by atoms with Crippen LogP contribution in [0, 0.1) is 5.92 Å². The Balaban J connectivity index is 2.14. The number of benzene rings is 2. The van der Waals surface area contributed by atoms with Crippen molar-refractivity contribution < 1.29 is 0 Å². The number of hydrogen-bond donors (Lipinski definition) is 1. The van der Waals surface area contributed by atoms with Crippen molar-refractivity contribution in [2.75, 3.05) is 0 Å². The van der Waals surface area contributed by atoms with Gasteiger partial charge >= 0.3 is 0 Å².